The molecular formula is C19H19N3O2. The van der Waals surface area contributed by atoms with Gasteiger partial charge < -0.3 is 5.11 Å². The molecule has 0 aromatic heterocycles. The molecule has 1 atom stereocenters. The number of aliphatic carboxylic acids is 1. The van der Waals surface area contributed by atoms with Gasteiger partial charge in [-0.05, 0) is 18.1 Å². The molecule has 0 saturated heterocycles. The van der Waals surface area contributed by atoms with E-state index in [9.17, 15) is 9.90 Å². The van der Waals surface area contributed by atoms with Gasteiger partial charge in [0, 0.05) is 12.8 Å². The summed E-state index contributed by atoms with van der Waals surface area (Å²) in [5.41, 5.74) is 2.99. The molecule has 0 radical (unpaired) electrons. The number of hydrogen-bond donors (Lipinski definition) is 2. The van der Waals surface area contributed by atoms with Crippen LogP contribution in [0.4, 0.5) is 0 Å². The Morgan fingerprint density at radius 3 is 2.42 bits per heavy atom. The van der Waals surface area contributed by atoms with Gasteiger partial charge in [0.25, 0.3) is 0 Å². The minimum atomic E-state index is -1.01. The number of carboxylic acid groups (broad SMARTS) is 1. The number of nitrogens with zero attached hydrogens (tertiary/aromatic N) is 2. The van der Waals surface area contributed by atoms with E-state index in [1.807, 2.05) is 67.7 Å². The molecule has 5 heteroatoms. The number of benzene rings is 2. The maximum Gasteiger partial charge on any atom is 0.328 e. The maximum absolute atomic E-state index is 11.5. The van der Waals surface area contributed by atoms with Crippen LogP contribution < -0.4 is 5.32 Å². The van der Waals surface area contributed by atoms with Crippen molar-refractivity contribution in [3.05, 3.63) is 71.3 Å². The Balaban J connectivity index is 2.20. The summed E-state index contributed by atoms with van der Waals surface area (Å²) in [4.78, 5) is 15.8. The highest BCUT2D eigenvalue weighted by atomic mass is 16.4. The molecule has 5 nitrogen and oxygen atoms in total. The Kier molecular flexibility index (Phi) is 6.09. The van der Waals surface area contributed by atoms with Crippen LogP contribution in [0.25, 0.3) is 0 Å². The van der Waals surface area contributed by atoms with Gasteiger partial charge in [0.15, 0.2) is 12.2 Å². The summed E-state index contributed by atoms with van der Waals surface area (Å²) in [6, 6.07) is 16.2. The van der Waals surface area contributed by atoms with Crippen LogP contribution in [0, 0.1) is 18.4 Å². The van der Waals surface area contributed by atoms with Gasteiger partial charge in [0.2, 0.25) is 0 Å². The molecule has 122 valence electrons. The topological polar surface area (TPSA) is 85.5 Å². The van der Waals surface area contributed by atoms with Gasteiger partial charge in [0.05, 0.1) is 0 Å². The number of aliphatic imine (C=N–C) groups is 1. The number of nitrogens with one attached hydrogen (secondary N) is 1. The van der Waals surface area contributed by atoms with E-state index >= 15 is 0 Å². The Morgan fingerprint density at radius 2 is 1.83 bits per heavy atom. The smallest absolute Gasteiger partial charge is 0.328 e. The van der Waals surface area contributed by atoms with Crippen molar-refractivity contribution >= 4 is 11.8 Å². The average Bonchev–Trinajstić information content (AvgIpc) is 2.57. The van der Waals surface area contributed by atoms with E-state index in [0.29, 0.717) is 12.3 Å². The summed E-state index contributed by atoms with van der Waals surface area (Å²) in [6.45, 7) is 1.99. The van der Waals surface area contributed by atoms with Crippen LogP contribution in [0.3, 0.4) is 0 Å². The van der Waals surface area contributed by atoms with Crippen molar-refractivity contribution in [3.63, 3.8) is 0 Å². The molecule has 0 heterocycles. The summed E-state index contributed by atoms with van der Waals surface area (Å²) in [7, 11) is 0. The van der Waals surface area contributed by atoms with E-state index in [0.717, 1.165) is 16.7 Å². The third-order valence-electron chi connectivity index (χ3n) is 3.56. The van der Waals surface area contributed by atoms with Gasteiger partial charge >= 0.3 is 5.97 Å². The van der Waals surface area contributed by atoms with Crippen molar-refractivity contribution < 1.29 is 9.90 Å². The average molecular weight is 321 g/mol. The molecule has 0 unspecified atom stereocenters. The zero-order valence-corrected chi connectivity index (χ0v) is 13.4. The zero-order valence-electron chi connectivity index (χ0n) is 13.4. The van der Waals surface area contributed by atoms with E-state index in [1.165, 1.54) is 0 Å². The molecule has 0 aliphatic heterocycles. The van der Waals surface area contributed by atoms with Crippen molar-refractivity contribution in [3.8, 4) is 6.19 Å². The highest BCUT2D eigenvalue weighted by Crippen LogP contribution is 2.09. The number of aryl methyl sites for hydroxylation is 1. The second-order valence-electron chi connectivity index (χ2n) is 5.52. The first-order valence-corrected chi connectivity index (χ1v) is 7.62. The molecule has 2 N–H and O–H groups in total. The lowest BCUT2D eigenvalue weighted by molar-refractivity contribution is -0.138. The summed E-state index contributed by atoms with van der Waals surface area (Å²) >= 11 is 0. The third-order valence-corrected chi connectivity index (χ3v) is 3.56. The molecule has 0 amide bonds. The first-order valence-electron chi connectivity index (χ1n) is 7.62. The molecule has 0 spiro atoms. The molecule has 0 saturated carbocycles. The van der Waals surface area contributed by atoms with E-state index in [4.69, 9.17) is 5.26 Å². The van der Waals surface area contributed by atoms with E-state index in [1.54, 1.807) is 0 Å². The molecule has 2 aromatic carbocycles. The predicted octanol–water partition coefficient (Wildman–Crippen LogP) is 2.70. The fraction of sp³-hybridized carbons (Fsp3) is 0.211. The van der Waals surface area contributed by atoms with Gasteiger partial charge in [0.1, 0.15) is 5.84 Å². The van der Waals surface area contributed by atoms with Crippen molar-refractivity contribution in [1.82, 2.24) is 5.32 Å². The number of hydrogen-bond acceptors (Lipinski definition) is 3. The Labute approximate surface area is 141 Å². The third kappa shape index (κ3) is 5.25. The quantitative estimate of drug-likeness (QED) is 0.371. The lowest BCUT2D eigenvalue weighted by Crippen LogP contribution is -2.28. The van der Waals surface area contributed by atoms with Crippen molar-refractivity contribution in [2.45, 2.75) is 25.8 Å². The predicted molar refractivity (Wildman–Crippen MR) is 92.6 cm³/mol. The normalized spacial score (nSPS) is 12.2. The number of nitriles is 1. The number of carbonyl (C=O) groups is 1. The SMILES string of the molecule is Cc1ccc(CC(=N[C@H](Cc2ccccc2)C(=O)O)NC#N)cc1. The van der Waals surface area contributed by atoms with Gasteiger partial charge in [-0.1, -0.05) is 60.2 Å². The molecule has 0 bridgehead atoms. The largest absolute Gasteiger partial charge is 0.480 e. The summed E-state index contributed by atoms with van der Waals surface area (Å²) in [5.74, 6) is -0.662. The van der Waals surface area contributed by atoms with Crippen LogP contribution >= 0.6 is 0 Å². The second kappa shape index (κ2) is 8.49. The number of rotatable bonds is 6. The standard InChI is InChI=1S/C19H19N3O2/c1-14-7-9-16(10-8-14)12-18(21-13-20)22-17(19(23)24)11-15-5-3-2-4-6-15/h2-10,17H,11-12H2,1H3,(H,21,22)(H,23,24)/t17-/m1/s1. The first kappa shape index (κ1) is 17.2. The van der Waals surface area contributed by atoms with Gasteiger partial charge in [-0.15, -0.1) is 0 Å². The zero-order chi connectivity index (χ0) is 17.4. The van der Waals surface area contributed by atoms with Crippen molar-refractivity contribution in [2.24, 2.45) is 4.99 Å². The van der Waals surface area contributed by atoms with E-state index < -0.39 is 12.0 Å². The van der Waals surface area contributed by atoms with Gasteiger partial charge in [-0.25, -0.2) is 4.79 Å². The van der Waals surface area contributed by atoms with E-state index in [-0.39, 0.29) is 6.42 Å². The monoisotopic (exact) mass is 321 g/mol. The van der Waals surface area contributed by atoms with Crippen LogP contribution in [-0.4, -0.2) is 23.0 Å². The van der Waals surface area contributed by atoms with Crippen LogP contribution in [0.5, 0.6) is 0 Å². The van der Waals surface area contributed by atoms with Crippen LogP contribution in [-0.2, 0) is 17.6 Å². The van der Waals surface area contributed by atoms with E-state index in [2.05, 4.69) is 10.3 Å². The second-order valence-corrected chi connectivity index (χ2v) is 5.52. The first-order chi connectivity index (χ1) is 11.6. The Morgan fingerprint density at radius 1 is 1.17 bits per heavy atom. The molecule has 0 fully saturated rings. The highest BCUT2D eigenvalue weighted by molar-refractivity contribution is 5.88. The van der Waals surface area contributed by atoms with Crippen LogP contribution in [0.2, 0.25) is 0 Å². The van der Waals surface area contributed by atoms with Crippen LogP contribution in [0.15, 0.2) is 59.6 Å². The molecule has 24 heavy (non-hydrogen) atoms. The van der Waals surface area contributed by atoms with Crippen molar-refractivity contribution in [1.29, 1.82) is 5.26 Å². The molecule has 2 rings (SSSR count). The molecule has 2 aromatic rings. The summed E-state index contributed by atoms with van der Waals surface area (Å²) in [5, 5.41) is 20.9. The number of amidine groups is 1. The lowest BCUT2D eigenvalue weighted by atomic mass is 10.1. The minimum absolute atomic E-state index is 0.278. The fourth-order valence-electron chi connectivity index (χ4n) is 2.30. The van der Waals surface area contributed by atoms with Crippen molar-refractivity contribution in [2.75, 3.05) is 0 Å². The Bertz CT molecular complexity index is 746. The molecule has 0 aliphatic carbocycles. The molecule has 0 aliphatic rings. The minimum Gasteiger partial charge on any atom is -0.480 e. The molecular weight excluding hydrogens is 302 g/mol. The highest BCUT2D eigenvalue weighted by Gasteiger charge is 2.18. The van der Waals surface area contributed by atoms with Gasteiger partial charge in [-0.3, -0.25) is 10.3 Å². The summed E-state index contributed by atoms with van der Waals surface area (Å²) in [6.07, 6.45) is 2.49. The fourth-order valence-corrected chi connectivity index (χ4v) is 2.30. The maximum atomic E-state index is 11.5. The Hall–Kier alpha value is -3.13. The van der Waals surface area contributed by atoms with Crippen LogP contribution in [0.1, 0.15) is 16.7 Å². The lowest BCUT2D eigenvalue weighted by Gasteiger charge is -2.11. The summed E-state index contributed by atoms with van der Waals surface area (Å²) < 4.78 is 0. The van der Waals surface area contributed by atoms with Gasteiger partial charge in [-0.2, -0.15) is 5.26 Å². The number of carboxylic acids is 1.